The summed E-state index contributed by atoms with van der Waals surface area (Å²) < 4.78 is 7.23. The Morgan fingerprint density at radius 1 is 1.19 bits per heavy atom. The average Bonchev–Trinajstić information content (AvgIpc) is 3.03. The predicted octanol–water partition coefficient (Wildman–Crippen LogP) is 2.42. The van der Waals surface area contributed by atoms with Gasteiger partial charge in [0.25, 0.3) is 5.95 Å². The molecule has 1 fully saturated rings. The smallest absolute Gasteiger partial charge is 0.410 e. The van der Waals surface area contributed by atoms with Crippen LogP contribution in [0.1, 0.15) is 33.3 Å². The zero-order valence-electron chi connectivity index (χ0n) is 16.0. The van der Waals surface area contributed by atoms with Gasteiger partial charge in [-0.25, -0.2) is 4.79 Å². The van der Waals surface area contributed by atoms with Gasteiger partial charge < -0.3 is 14.5 Å². The van der Waals surface area contributed by atoms with Crippen LogP contribution in [0.25, 0.3) is 5.69 Å². The molecule has 0 aliphatic carbocycles. The Hall–Kier alpha value is -2.64. The summed E-state index contributed by atoms with van der Waals surface area (Å²) in [6.07, 6.45) is -0.275. The number of aromatic nitrogens is 4. The Kier molecular flexibility index (Phi) is 4.84. The van der Waals surface area contributed by atoms with E-state index in [-0.39, 0.29) is 12.1 Å². The Balaban J connectivity index is 1.73. The number of tetrazole rings is 1. The molecule has 0 spiro atoms. The van der Waals surface area contributed by atoms with E-state index in [1.54, 1.807) is 9.58 Å². The van der Waals surface area contributed by atoms with Crippen molar-refractivity contribution < 1.29 is 9.53 Å². The van der Waals surface area contributed by atoms with Gasteiger partial charge in [0, 0.05) is 25.7 Å². The van der Waals surface area contributed by atoms with E-state index in [1.165, 1.54) is 5.56 Å². The summed E-state index contributed by atoms with van der Waals surface area (Å²) in [7, 11) is 0. The lowest BCUT2D eigenvalue weighted by atomic mass is 10.2. The molecule has 0 saturated carbocycles. The number of nitrogens with zero attached hydrogens (tertiary/aromatic N) is 6. The van der Waals surface area contributed by atoms with Crippen molar-refractivity contribution in [3.05, 3.63) is 29.8 Å². The Morgan fingerprint density at radius 2 is 1.88 bits per heavy atom. The fraction of sp³-hybridized carbons (Fsp3) is 0.556. The van der Waals surface area contributed by atoms with Crippen molar-refractivity contribution in [2.45, 2.75) is 46.3 Å². The van der Waals surface area contributed by atoms with Gasteiger partial charge in [-0.2, -0.15) is 4.68 Å². The molecular formula is C18H26N6O2. The first-order valence-corrected chi connectivity index (χ1v) is 8.84. The number of piperazine rings is 1. The van der Waals surface area contributed by atoms with Gasteiger partial charge in [0.15, 0.2) is 0 Å². The first-order chi connectivity index (χ1) is 12.2. The SMILES string of the molecule is Cc1ccc(-n2nnnc2N2CCN(C(=O)OC(C)(C)C)[C@H](C)C2)cc1. The van der Waals surface area contributed by atoms with Crippen molar-refractivity contribution in [3.8, 4) is 5.69 Å². The summed E-state index contributed by atoms with van der Waals surface area (Å²) >= 11 is 0. The fourth-order valence-electron chi connectivity index (χ4n) is 2.96. The second-order valence-electron chi connectivity index (χ2n) is 7.70. The topological polar surface area (TPSA) is 76.4 Å². The van der Waals surface area contributed by atoms with Crippen LogP contribution in [-0.4, -0.2) is 62.5 Å². The molecule has 1 aliphatic rings. The highest BCUT2D eigenvalue weighted by molar-refractivity contribution is 5.69. The van der Waals surface area contributed by atoms with Crippen molar-refractivity contribution in [1.29, 1.82) is 0 Å². The summed E-state index contributed by atoms with van der Waals surface area (Å²) in [5.74, 6) is 0.685. The fourth-order valence-corrected chi connectivity index (χ4v) is 2.96. The molecule has 8 heteroatoms. The number of hydrogen-bond acceptors (Lipinski definition) is 6. The number of hydrogen-bond donors (Lipinski definition) is 0. The lowest BCUT2D eigenvalue weighted by Crippen LogP contribution is -2.55. The number of ether oxygens (including phenoxy) is 1. The molecule has 1 aliphatic heterocycles. The highest BCUT2D eigenvalue weighted by atomic mass is 16.6. The van der Waals surface area contributed by atoms with Gasteiger partial charge in [-0.3, -0.25) is 0 Å². The normalized spacial score (nSPS) is 18.1. The highest BCUT2D eigenvalue weighted by Crippen LogP contribution is 2.21. The summed E-state index contributed by atoms with van der Waals surface area (Å²) in [6.45, 7) is 11.5. The second kappa shape index (κ2) is 6.93. The molecule has 1 aromatic carbocycles. The number of rotatable bonds is 2. The zero-order chi connectivity index (χ0) is 18.9. The Morgan fingerprint density at radius 3 is 2.50 bits per heavy atom. The average molecular weight is 358 g/mol. The molecule has 0 unspecified atom stereocenters. The summed E-state index contributed by atoms with van der Waals surface area (Å²) in [5.41, 5.74) is 1.60. The molecule has 0 N–H and O–H groups in total. The minimum absolute atomic E-state index is 0.00164. The van der Waals surface area contributed by atoms with Gasteiger partial charge in [-0.1, -0.05) is 22.8 Å². The number of amides is 1. The van der Waals surface area contributed by atoms with Crippen LogP contribution in [-0.2, 0) is 4.74 Å². The van der Waals surface area contributed by atoms with Gasteiger partial charge in [0.1, 0.15) is 5.60 Å². The van der Waals surface area contributed by atoms with E-state index in [1.807, 2.05) is 58.9 Å². The molecule has 140 valence electrons. The van der Waals surface area contributed by atoms with E-state index in [4.69, 9.17) is 4.74 Å². The van der Waals surface area contributed by atoms with Gasteiger partial charge in [0.2, 0.25) is 0 Å². The van der Waals surface area contributed by atoms with Crippen molar-refractivity contribution in [3.63, 3.8) is 0 Å². The minimum Gasteiger partial charge on any atom is -0.444 e. The quantitative estimate of drug-likeness (QED) is 0.821. The maximum Gasteiger partial charge on any atom is 0.410 e. The largest absolute Gasteiger partial charge is 0.444 e. The maximum atomic E-state index is 12.4. The van der Waals surface area contributed by atoms with E-state index in [0.717, 1.165) is 5.69 Å². The molecule has 2 aromatic rings. The molecule has 1 aromatic heterocycles. The number of anilines is 1. The monoisotopic (exact) mass is 358 g/mol. The third kappa shape index (κ3) is 3.95. The maximum absolute atomic E-state index is 12.4. The van der Waals surface area contributed by atoms with Gasteiger partial charge in [-0.05, 0) is 57.2 Å². The molecule has 1 saturated heterocycles. The summed E-state index contributed by atoms with van der Waals surface area (Å²) in [6, 6.07) is 8.06. The first kappa shape index (κ1) is 18.2. The van der Waals surface area contributed by atoms with E-state index in [9.17, 15) is 4.79 Å². The van der Waals surface area contributed by atoms with E-state index >= 15 is 0 Å². The van der Waals surface area contributed by atoms with Crippen LogP contribution in [0.2, 0.25) is 0 Å². The lowest BCUT2D eigenvalue weighted by molar-refractivity contribution is 0.0158. The molecule has 1 atom stereocenters. The van der Waals surface area contributed by atoms with Crippen LogP contribution in [0.3, 0.4) is 0 Å². The van der Waals surface area contributed by atoms with Crippen molar-refractivity contribution in [1.82, 2.24) is 25.1 Å². The van der Waals surface area contributed by atoms with Crippen LogP contribution in [0.15, 0.2) is 24.3 Å². The summed E-state index contributed by atoms with van der Waals surface area (Å²) in [5, 5.41) is 12.2. The molecule has 1 amide bonds. The number of carbonyl (C=O) groups excluding carboxylic acids is 1. The standard InChI is InChI=1S/C18H26N6O2/c1-13-6-8-15(9-7-13)24-16(19-20-21-24)22-10-11-23(14(2)12-22)17(25)26-18(3,4)5/h6-9,14H,10-12H2,1-5H3/t14-/m1/s1. The van der Waals surface area contributed by atoms with Gasteiger partial charge in [0.05, 0.1) is 5.69 Å². The van der Waals surface area contributed by atoms with Crippen LogP contribution in [0.4, 0.5) is 10.7 Å². The van der Waals surface area contributed by atoms with Crippen LogP contribution >= 0.6 is 0 Å². The van der Waals surface area contributed by atoms with Crippen LogP contribution < -0.4 is 4.90 Å². The molecular weight excluding hydrogens is 332 g/mol. The lowest BCUT2D eigenvalue weighted by Gasteiger charge is -2.40. The van der Waals surface area contributed by atoms with Crippen LogP contribution in [0, 0.1) is 6.92 Å². The van der Waals surface area contributed by atoms with E-state index < -0.39 is 5.60 Å². The third-order valence-corrected chi connectivity index (χ3v) is 4.27. The minimum atomic E-state index is -0.497. The van der Waals surface area contributed by atoms with Crippen molar-refractivity contribution >= 4 is 12.0 Å². The number of carbonyl (C=O) groups is 1. The number of aryl methyl sites for hydroxylation is 1. The molecule has 0 radical (unpaired) electrons. The molecule has 2 heterocycles. The predicted molar refractivity (Wildman–Crippen MR) is 98.5 cm³/mol. The highest BCUT2D eigenvalue weighted by Gasteiger charge is 2.32. The van der Waals surface area contributed by atoms with E-state index in [0.29, 0.717) is 25.6 Å². The third-order valence-electron chi connectivity index (χ3n) is 4.27. The second-order valence-corrected chi connectivity index (χ2v) is 7.70. The Labute approximate surface area is 153 Å². The van der Waals surface area contributed by atoms with Crippen LogP contribution in [0.5, 0.6) is 0 Å². The van der Waals surface area contributed by atoms with Gasteiger partial charge >= 0.3 is 6.09 Å². The first-order valence-electron chi connectivity index (χ1n) is 8.84. The summed E-state index contributed by atoms with van der Waals surface area (Å²) in [4.78, 5) is 16.2. The van der Waals surface area contributed by atoms with Crippen molar-refractivity contribution in [2.24, 2.45) is 0 Å². The zero-order valence-corrected chi connectivity index (χ0v) is 16.0. The van der Waals surface area contributed by atoms with Gasteiger partial charge in [-0.15, -0.1) is 0 Å². The molecule has 26 heavy (non-hydrogen) atoms. The van der Waals surface area contributed by atoms with E-state index in [2.05, 4.69) is 20.4 Å². The van der Waals surface area contributed by atoms with Crippen molar-refractivity contribution in [2.75, 3.05) is 24.5 Å². The molecule has 8 nitrogen and oxygen atoms in total. The molecule has 0 bridgehead atoms. The number of benzene rings is 1. The molecule has 3 rings (SSSR count). The Bertz CT molecular complexity index is 765.